The van der Waals surface area contributed by atoms with Gasteiger partial charge in [0.15, 0.2) is 0 Å². The third kappa shape index (κ3) is 4.89. The van der Waals surface area contributed by atoms with Gasteiger partial charge in [0.1, 0.15) is 0 Å². The number of rotatable bonds is 7. The normalized spacial score (nSPS) is 11.2. The van der Waals surface area contributed by atoms with E-state index in [2.05, 4.69) is 5.32 Å². The number of amides is 1. The third-order valence-electron chi connectivity index (χ3n) is 5.03. The Labute approximate surface area is 178 Å². The summed E-state index contributed by atoms with van der Waals surface area (Å²) in [6, 6.07) is 21.7. The number of nitrogens with one attached hydrogen (secondary N) is 1. The monoisotopic (exact) mass is 422 g/mol. The van der Waals surface area contributed by atoms with Crippen LogP contribution >= 0.6 is 0 Å². The van der Waals surface area contributed by atoms with E-state index in [1.807, 2.05) is 44.2 Å². The summed E-state index contributed by atoms with van der Waals surface area (Å²) < 4.78 is 27.3. The van der Waals surface area contributed by atoms with Gasteiger partial charge in [0.05, 0.1) is 10.6 Å². The van der Waals surface area contributed by atoms with Crippen LogP contribution in [0.5, 0.6) is 0 Å². The second-order valence-electron chi connectivity index (χ2n) is 7.28. The molecule has 0 aliphatic rings. The summed E-state index contributed by atoms with van der Waals surface area (Å²) in [7, 11) is -2.22. The maximum Gasteiger partial charge on any atom is 0.264 e. The molecule has 6 heteroatoms. The van der Waals surface area contributed by atoms with Gasteiger partial charge < -0.3 is 5.32 Å². The topological polar surface area (TPSA) is 66.5 Å². The molecule has 0 aromatic heterocycles. The van der Waals surface area contributed by atoms with Crippen molar-refractivity contribution in [3.8, 4) is 0 Å². The summed E-state index contributed by atoms with van der Waals surface area (Å²) in [5.74, 6) is -0.228. The lowest BCUT2D eigenvalue weighted by Gasteiger charge is -2.22. The first-order valence-corrected chi connectivity index (χ1v) is 11.2. The van der Waals surface area contributed by atoms with Gasteiger partial charge in [0.2, 0.25) is 0 Å². The molecule has 0 heterocycles. The number of nitrogens with zero attached hydrogens (tertiary/aromatic N) is 1. The SMILES string of the molecule is Cc1ccc(S(=O)(=O)N(C)c2cc(C(=O)NCCc3ccccc3)ccc2C)cc1. The van der Waals surface area contributed by atoms with Crippen molar-refractivity contribution in [1.82, 2.24) is 5.32 Å². The van der Waals surface area contributed by atoms with E-state index in [1.54, 1.807) is 42.5 Å². The molecule has 30 heavy (non-hydrogen) atoms. The first-order valence-electron chi connectivity index (χ1n) is 9.77. The van der Waals surface area contributed by atoms with Crippen LogP contribution in [0.15, 0.2) is 77.7 Å². The lowest BCUT2D eigenvalue weighted by molar-refractivity contribution is 0.0954. The van der Waals surface area contributed by atoms with Crippen LogP contribution in [0.2, 0.25) is 0 Å². The van der Waals surface area contributed by atoms with Crippen LogP contribution in [0, 0.1) is 13.8 Å². The van der Waals surface area contributed by atoms with E-state index in [0.717, 1.165) is 23.1 Å². The van der Waals surface area contributed by atoms with Crippen LogP contribution in [-0.4, -0.2) is 27.9 Å². The molecular weight excluding hydrogens is 396 g/mol. The summed E-state index contributed by atoms with van der Waals surface area (Å²) in [5, 5.41) is 2.90. The number of anilines is 1. The number of carbonyl (C=O) groups is 1. The van der Waals surface area contributed by atoms with Gasteiger partial charge in [-0.2, -0.15) is 0 Å². The van der Waals surface area contributed by atoms with Crippen LogP contribution in [-0.2, 0) is 16.4 Å². The number of hydrogen-bond acceptors (Lipinski definition) is 3. The van der Waals surface area contributed by atoms with E-state index >= 15 is 0 Å². The lowest BCUT2D eigenvalue weighted by atomic mass is 10.1. The van der Waals surface area contributed by atoms with Crippen molar-refractivity contribution in [2.75, 3.05) is 17.9 Å². The number of benzene rings is 3. The van der Waals surface area contributed by atoms with Gasteiger partial charge in [-0.05, 0) is 55.7 Å². The Kier molecular flexibility index (Phi) is 6.57. The molecule has 0 radical (unpaired) electrons. The number of aryl methyl sites for hydroxylation is 2. The van der Waals surface area contributed by atoms with Gasteiger partial charge in [-0.1, -0.05) is 54.1 Å². The fraction of sp³-hybridized carbons (Fsp3) is 0.208. The molecule has 0 aliphatic carbocycles. The zero-order valence-electron chi connectivity index (χ0n) is 17.4. The molecule has 3 aromatic carbocycles. The van der Waals surface area contributed by atoms with Crippen LogP contribution in [0.1, 0.15) is 27.0 Å². The van der Waals surface area contributed by atoms with E-state index < -0.39 is 10.0 Å². The van der Waals surface area contributed by atoms with Gasteiger partial charge in [0, 0.05) is 19.2 Å². The van der Waals surface area contributed by atoms with Gasteiger partial charge in [0.25, 0.3) is 15.9 Å². The van der Waals surface area contributed by atoms with E-state index in [-0.39, 0.29) is 10.8 Å². The molecule has 0 saturated heterocycles. The van der Waals surface area contributed by atoms with E-state index in [4.69, 9.17) is 0 Å². The van der Waals surface area contributed by atoms with Crippen LogP contribution in [0.25, 0.3) is 0 Å². The number of hydrogen-bond donors (Lipinski definition) is 1. The van der Waals surface area contributed by atoms with Crippen molar-refractivity contribution in [2.24, 2.45) is 0 Å². The standard InChI is InChI=1S/C24H26N2O3S/c1-18-9-13-22(14-10-18)30(28,29)26(3)23-17-21(12-11-19(23)2)24(27)25-16-15-20-7-5-4-6-8-20/h4-14,17H,15-16H2,1-3H3,(H,25,27). The number of carbonyl (C=O) groups excluding carboxylic acids is 1. The van der Waals surface area contributed by atoms with Crippen molar-refractivity contribution in [3.63, 3.8) is 0 Å². The molecule has 0 bridgehead atoms. The molecule has 0 spiro atoms. The smallest absolute Gasteiger partial charge is 0.264 e. The molecule has 156 valence electrons. The van der Waals surface area contributed by atoms with Gasteiger partial charge in [-0.3, -0.25) is 9.10 Å². The highest BCUT2D eigenvalue weighted by atomic mass is 32.2. The van der Waals surface area contributed by atoms with Crippen molar-refractivity contribution >= 4 is 21.6 Å². The lowest BCUT2D eigenvalue weighted by Crippen LogP contribution is -2.29. The Hall–Kier alpha value is -3.12. The Morgan fingerprint density at radius 2 is 1.60 bits per heavy atom. The second-order valence-corrected chi connectivity index (χ2v) is 9.25. The first kappa shape index (κ1) is 21.6. The molecule has 0 aliphatic heterocycles. The number of sulfonamides is 1. The van der Waals surface area contributed by atoms with Gasteiger partial charge in [-0.15, -0.1) is 0 Å². The largest absolute Gasteiger partial charge is 0.352 e. The van der Waals surface area contributed by atoms with Crippen LogP contribution < -0.4 is 9.62 Å². The third-order valence-corrected chi connectivity index (χ3v) is 6.82. The molecular formula is C24H26N2O3S. The van der Waals surface area contributed by atoms with Crippen molar-refractivity contribution < 1.29 is 13.2 Å². The van der Waals surface area contributed by atoms with Crippen LogP contribution in [0.4, 0.5) is 5.69 Å². The maximum absolute atomic E-state index is 13.0. The minimum absolute atomic E-state index is 0.215. The fourth-order valence-electron chi connectivity index (χ4n) is 3.15. The van der Waals surface area contributed by atoms with E-state index in [1.165, 1.54) is 11.4 Å². The second kappa shape index (κ2) is 9.13. The Bertz CT molecular complexity index is 1120. The Balaban J connectivity index is 1.77. The molecule has 0 unspecified atom stereocenters. The predicted molar refractivity (Wildman–Crippen MR) is 120 cm³/mol. The molecule has 0 atom stereocenters. The Morgan fingerprint density at radius 3 is 2.27 bits per heavy atom. The summed E-state index contributed by atoms with van der Waals surface area (Å²) in [5.41, 5.74) is 3.81. The first-order chi connectivity index (χ1) is 14.3. The zero-order valence-corrected chi connectivity index (χ0v) is 18.2. The highest BCUT2D eigenvalue weighted by molar-refractivity contribution is 7.92. The summed E-state index contributed by atoms with van der Waals surface area (Å²) in [4.78, 5) is 12.8. The van der Waals surface area contributed by atoms with Crippen molar-refractivity contribution in [1.29, 1.82) is 0 Å². The minimum atomic E-state index is -3.73. The zero-order chi connectivity index (χ0) is 21.7. The summed E-state index contributed by atoms with van der Waals surface area (Å²) >= 11 is 0. The molecule has 0 saturated carbocycles. The highest BCUT2D eigenvalue weighted by Gasteiger charge is 2.23. The van der Waals surface area contributed by atoms with E-state index in [0.29, 0.717) is 17.8 Å². The molecule has 3 aromatic rings. The molecule has 0 fully saturated rings. The van der Waals surface area contributed by atoms with Gasteiger partial charge >= 0.3 is 0 Å². The average molecular weight is 423 g/mol. The van der Waals surface area contributed by atoms with Gasteiger partial charge in [-0.25, -0.2) is 8.42 Å². The molecule has 1 amide bonds. The predicted octanol–water partition coefficient (Wildman–Crippen LogP) is 4.10. The summed E-state index contributed by atoms with van der Waals surface area (Å²) in [6.07, 6.45) is 0.729. The van der Waals surface area contributed by atoms with Crippen molar-refractivity contribution in [3.05, 3.63) is 95.1 Å². The van der Waals surface area contributed by atoms with Crippen molar-refractivity contribution in [2.45, 2.75) is 25.2 Å². The molecule has 1 N–H and O–H groups in total. The van der Waals surface area contributed by atoms with E-state index in [9.17, 15) is 13.2 Å². The van der Waals surface area contributed by atoms with Crippen LogP contribution in [0.3, 0.4) is 0 Å². The fourth-order valence-corrected chi connectivity index (χ4v) is 4.41. The average Bonchev–Trinajstić information content (AvgIpc) is 2.74. The maximum atomic E-state index is 13.0. The highest BCUT2D eigenvalue weighted by Crippen LogP contribution is 2.26. The molecule has 3 rings (SSSR count). The summed E-state index contributed by atoms with van der Waals surface area (Å²) in [6.45, 7) is 4.24. The Morgan fingerprint density at radius 1 is 0.933 bits per heavy atom. The minimum Gasteiger partial charge on any atom is -0.352 e. The molecule has 5 nitrogen and oxygen atoms in total. The quantitative estimate of drug-likeness (QED) is 0.623.